The normalized spacial score (nSPS) is 11.8. The van der Waals surface area contributed by atoms with Crippen molar-refractivity contribution in [3.8, 4) is 0 Å². The lowest BCUT2D eigenvalue weighted by atomic mass is 10.1. The van der Waals surface area contributed by atoms with E-state index in [0.717, 1.165) is 12.1 Å². The summed E-state index contributed by atoms with van der Waals surface area (Å²) in [6.45, 7) is 1.62. The lowest BCUT2D eigenvalue weighted by molar-refractivity contribution is -0.137. The van der Waals surface area contributed by atoms with Gasteiger partial charge in [-0.05, 0) is 54.4 Å². The van der Waals surface area contributed by atoms with Gasteiger partial charge < -0.3 is 5.32 Å². The third-order valence-electron chi connectivity index (χ3n) is 4.67. The molecule has 1 aromatic heterocycles. The summed E-state index contributed by atoms with van der Waals surface area (Å²) in [6, 6.07) is 13.5. The molecule has 6 nitrogen and oxygen atoms in total. The number of sulfonamides is 1. The van der Waals surface area contributed by atoms with Crippen molar-refractivity contribution < 1.29 is 26.4 Å². The fourth-order valence-corrected chi connectivity index (χ4v) is 4.45. The highest BCUT2D eigenvalue weighted by Gasteiger charge is 2.29. The summed E-state index contributed by atoms with van der Waals surface area (Å²) in [7, 11) is -3.95. The predicted molar refractivity (Wildman–Crippen MR) is 118 cm³/mol. The first-order chi connectivity index (χ1) is 15.5. The van der Waals surface area contributed by atoms with Crippen LogP contribution in [0.25, 0.3) is 0 Å². The van der Waals surface area contributed by atoms with Crippen molar-refractivity contribution in [2.45, 2.75) is 31.0 Å². The molecule has 1 amide bonds. The molecule has 0 aliphatic carbocycles. The SMILES string of the molecule is Cc1c(Cl)cccc1S(=O)(=O)Nc1cccc(CC(=O)NCc2ccc(C(F)(F)F)cc2)n1. The van der Waals surface area contributed by atoms with Gasteiger partial charge in [0, 0.05) is 11.6 Å². The van der Waals surface area contributed by atoms with Crippen molar-refractivity contribution in [3.63, 3.8) is 0 Å². The Labute approximate surface area is 193 Å². The van der Waals surface area contributed by atoms with Crippen LogP contribution in [0.4, 0.5) is 19.0 Å². The van der Waals surface area contributed by atoms with Crippen LogP contribution in [0.3, 0.4) is 0 Å². The Bertz CT molecular complexity index is 1260. The molecule has 1 heterocycles. The molecule has 2 N–H and O–H groups in total. The summed E-state index contributed by atoms with van der Waals surface area (Å²) >= 11 is 6.00. The number of benzene rings is 2. The number of rotatable bonds is 7. The summed E-state index contributed by atoms with van der Waals surface area (Å²) < 4.78 is 65.6. The number of nitrogens with zero attached hydrogens (tertiary/aromatic N) is 1. The molecule has 0 aliphatic rings. The van der Waals surface area contributed by atoms with Crippen molar-refractivity contribution in [2.75, 3.05) is 4.72 Å². The zero-order chi connectivity index (χ0) is 24.2. The van der Waals surface area contributed by atoms with Gasteiger partial charge in [-0.1, -0.05) is 35.9 Å². The van der Waals surface area contributed by atoms with E-state index in [9.17, 15) is 26.4 Å². The quantitative estimate of drug-likeness (QED) is 0.494. The van der Waals surface area contributed by atoms with Gasteiger partial charge in [0.15, 0.2) is 0 Å². The second kappa shape index (κ2) is 9.80. The maximum Gasteiger partial charge on any atom is 0.416 e. The van der Waals surface area contributed by atoms with E-state index in [1.807, 2.05) is 0 Å². The lowest BCUT2D eigenvalue weighted by Gasteiger charge is -2.12. The van der Waals surface area contributed by atoms with Crippen molar-refractivity contribution in [1.82, 2.24) is 10.3 Å². The van der Waals surface area contributed by atoms with Gasteiger partial charge in [-0.3, -0.25) is 9.52 Å². The van der Waals surface area contributed by atoms with E-state index < -0.39 is 27.7 Å². The summed E-state index contributed by atoms with van der Waals surface area (Å²) in [5.74, 6) is -0.393. The molecule has 3 rings (SSSR count). The van der Waals surface area contributed by atoms with E-state index in [-0.39, 0.29) is 23.7 Å². The Morgan fingerprint density at radius 2 is 1.70 bits per heavy atom. The predicted octanol–water partition coefficient (Wildman–Crippen LogP) is 4.72. The number of carbonyl (C=O) groups is 1. The molecular weight excluding hydrogens is 479 g/mol. The minimum atomic E-state index is -4.43. The number of aromatic nitrogens is 1. The summed E-state index contributed by atoms with van der Waals surface area (Å²) in [5, 5.41) is 2.91. The Morgan fingerprint density at radius 3 is 2.36 bits per heavy atom. The molecule has 0 bridgehead atoms. The van der Waals surface area contributed by atoms with Crippen LogP contribution >= 0.6 is 11.6 Å². The number of hydrogen-bond donors (Lipinski definition) is 2. The number of anilines is 1. The second-order valence-corrected chi connectivity index (χ2v) is 9.19. The van der Waals surface area contributed by atoms with Crippen LogP contribution in [0, 0.1) is 6.92 Å². The maximum atomic E-state index is 12.7. The smallest absolute Gasteiger partial charge is 0.352 e. The van der Waals surface area contributed by atoms with Crippen molar-refractivity contribution in [3.05, 3.63) is 88.1 Å². The zero-order valence-electron chi connectivity index (χ0n) is 17.3. The molecule has 0 saturated heterocycles. The van der Waals surface area contributed by atoms with E-state index in [1.54, 1.807) is 25.1 Å². The molecule has 0 fully saturated rings. The molecule has 2 aromatic carbocycles. The van der Waals surface area contributed by atoms with Gasteiger partial charge in [0.25, 0.3) is 10.0 Å². The summed E-state index contributed by atoms with van der Waals surface area (Å²) in [6.07, 6.45) is -4.57. The van der Waals surface area contributed by atoms with Crippen LogP contribution in [0.5, 0.6) is 0 Å². The molecule has 3 aromatic rings. The van der Waals surface area contributed by atoms with Crippen molar-refractivity contribution in [1.29, 1.82) is 0 Å². The molecule has 0 atom stereocenters. The Morgan fingerprint density at radius 1 is 1.03 bits per heavy atom. The highest BCUT2D eigenvalue weighted by molar-refractivity contribution is 7.92. The van der Waals surface area contributed by atoms with Gasteiger partial charge in [-0.15, -0.1) is 0 Å². The van der Waals surface area contributed by atoms with E-state index >= 15 is 0 Å². The molecule has 0 radical (unpaired) electrons. The van der Waals surface area contributed by atoms with Crippen LogP contribution in [-0.4, -0.2) is 19.3 Å². The highest BCUT2D eigenvalue weighted by Crippen LogP contribution is 2.29. The van der Waals surface area contributed by atoms with Crippen LogP contribution in [0.15, 0.2) is 65.6 Å². The number of halogens is 4. The van der Waals surface area contributed by atoms with Gasteiger partial charge in [0.2, 0.25) is 5.91 Å². The van der Waals surface area contributed by atoms with E-state index in [0.29, 0.717) is 21.8 Å². The number of pyridine rings is 1. The van der Waals surface area contributed by atoms with E-state index in [4.69, 9.17) is 11.6 Å². The van der Waals surface area contributed by atoms with Crippen LogP contribution in [0.2, 0.25) is 5.02 Å². The molecule has 33 heavy (non-hydrogen) atoms. The molecule has 174 valence electrons. The minimum absolute atomic E-state index is 0.0106. The molecular formula is C22H19ClF3N3O3S. The molecule has 0 aliphatic heterocycles. The van der Waals surface area contributed by atoms with Gasteiger partial charge in [0.1, 0.15) is 5.82 Å². The zero-order valence-corrected chi connectivity index (χ0v) is 18.9. The topological polar surface area (TPSA) is 88.2 Å². The van der Waals surface area contributed by atoms with E-state index in [1.165, 1.54) is 30.3 Å². The van der Waals surface area contributed by atoms with Gasteiger partial charge >= 0.3 is 6.18 Å². The molecule has 0 spiro atoms. The van der Waals surface area contributed by atoms with Gasteiger partial charge in [-0.25, -0.2) is 13.4 Å². The number of alkyl halides is 3. The minimum Gasteiger partial charge on any atom is -0.352 e. The van der Waals surface area contributed by atoms with E-state index in [2.05, 4.69) is 15.0 Å². The first-order valence-electron chi connectivity index (χ1n) is 9.62. The standard InChI is InChI=1S/C22H19ClF3N3O3S/c1-14-18(23)5-3-6-19(14)33(31,32)29-20-7-2-4-17(28-20)12-21(30)27-13-15-8-10-16(11-9-15)22(24,25)26/h2-11H,12-13H2,1H3,(H,27,30)(H,28,29). The van der Waals surface area contributed by atoms with Crippen molar-refractivity contribution in [2.24, 2.45) is 0 Å². The number of carbonyl (C=O) groups excluding carboxylic acids is 1. The Kier molecular flexibility index (Phi) is 7.28. The molecule has 0 saturated carbocycles. The summed E-state index contributed by atoms with van der Waals surface area (Å²) in [5.41, 5.74) is 0.435. The number of hydrogen-bond acceptors (Lipinski definition) is 4. The van der Waals surface area contributed by atoms with Crippen LogP contribution < -0.4 is 10.0 Å². The summed E-state index contributed by atoms with van der Waals surface area (Å²) in [4.78, 5) is 16.4. The maximum absolute atomic E-state index is 12.7. The third-order valence-corrected chi connectivity index (χ3v) is 6.57. The highest BCUT2D eigenvalue weighted by atomic mass is 35.5. The second-order valence-electron chi connectivity index (χ2n) is 7.13. The number of nitrogens with one attached hydrogen (secondary N) is 2. The van der Waals surface area contributed by atoms with Crippen LogP contribution in [0.1, 0.15) is 22.4 Å². The third kappa shape index (κ3) is 6.45. The fourth-order valence-electron chi connectivity index (χ4n) is 2.95. The first kappa shape index (κ1) is 24.5. The molecule has 11 heteroatoms. The monoisotopic (exact) mass is 497 g/mol. The molecule has 0 unspecified atom stereocenters. The van der Waals surface area contributed by atoms with Gasteiger partial charge in [-0.2, -0.15) is 13.2 Å². The average molecular weight is 498 g/mol. The van der Waals surface area contributed by atoms with Crippen molar-refractivity contribution >= 4 is 33.3 Å². The Balaban J connectivity index is 1.62. The number of amides is 1. The fraction of sp³-hybridized carbons (Fsp3) is 0.182. The largest absolute Gasteiger partial charge is 0.416 e. The Hall–Kier alpha value is -3.11. The lowest BCUT2D eigenvalue weighted by Crippen LogP contribution is -2.25. The van der Waals surface area contributed by atoms with Gasteiger partial charge in [0.05, 0.1) is 22.6 Å². The first-order valence-corrected chi connectivity index (χ1v) is 11.5. The van der Waals surface area contributed by atoms with Crippen LogP contribution in [-0.2, 0) is 34.0 Å². The average Bonchev–Trinajstić information content (AvgIpc) is 2.73.